The number of amides is 1. The van der Waals surface area contributed by atoms with Crippen LogP contribution in [0.1, 0.15) is 16.1 Å². The maximum absolute atomic E-state index is 12.9. The molecule has 2 aromatic carbocycles. The number of aromatic nitrogens is 4. The average molecular weight is 492 g/mol. The van der Waals surface area contributed by atoms with Crippen LogP contribution in [0, 0.1) is 6.92 Å². The van der Waals surface area contributed by atoms with E-state index in [9.17, 15) is 9.59 Å². The van der Waals surface area contributed by atoms with Crippen LogP contribution in [0.25, 0.3) is 27.6 Å². The second-order valence-electron chi connectivity index (χ2n) is 9.10. The Kier molecular flexibility index (Phi) is 5.52. The fourth-order valence-electron chi connectivity index (χ4n) is 4.78. The number of nitrogens with two attached hydrogens (primary N) is 1. The monoisotopic (exact) mass is 491 g/mol. The molecule has 1 aliphatic rings. The topological polar surface area (TPSA) is 110 Å². The number of rotatable bonds is 4. The van der Waals surface area contributed by atoms with Crippen LogP contribution in [0.15, 0.2) is 77.6 Å². The van der Waals surface area contributed by atoms with E-state index in [1.807, 2.05) is 25.1 Å². The van der Waals surface area contributed by atoms with E-state index in [4.69, 9.17) is 20.7 Å². The zero-order chi connectivity index (χ0) is 25.5. The molecule has 0 unspecified atom stereocenters. The Morgan fingerprint density at radius 2 is 1.54 bits per heavy atom. The molecular formula is C28H25N7O2. The molecule has 0 atom stereocenters. The first-order valence-electron chi connectivity index (χ1n) is 12.1. The molecule has 0 radical (unpaired) electrons. The average Bonchev–Trinajstić information content (AvgIpc) is 2.93. The first kappa shape index (κ1) is 22.7. The summed E-state index contributed by atoms with van der Waals surface area (Å²) in [5.74, 6) is 1.03. The molecule has 1 saturated heterocycles. The fraction of sp³-hybridized carbons (Fsp3) is 0.179. The van der Waals surface area contributed by atoms with Gasteiger partial charge in [0.1, 0.15) is 5.82 Å². The van der Waals surface area contributed by atoms with Crippen molar-refractivity contribution in [3.63, 3.8) is 0 Å². The van der Waals surface area contributed by atoms with Crippen LogP contribution in [-0.2, 0) is 0 Å². The number of hydrogen-bond acceptors (Lipinski definition) is 7. The Morgan fingerprint density at radius 1 is 0.811 bits per heavy atom. The highest BCUT2D eigenvalue weighted by Crippen LogP contribution is 2.24. The van der Waals surface area contributed by atoms with Crippen LogP contribution in [0.2, 0.25) is 0 Å². The third-order valence-corrected chi connectivity index (χ3v) is 6.81. The summed E-state index contributed by atoms with van der Waals surface area (Å²) in [5.41, 5.74) is 8.45. The molecule has 4 heterocycles. The van der Waals surface area contributed by atoms with Gasteiger partial charge in [0.05, 0.1) is 16.9 Å². The largest absolute Gasteiger partial charge is 0.366 e. The molecule has 37 heavy (non-hydrogen) atoms. The van der Waals surface area contributed by atoms with Gasteiger partial charge in [-0.05, 0) is 55.5 Å². The highest BCUT2D eigenvalue weighted by molar-refractivity contribution is 5.93. The molecular weight excluding hydrogens is 466 g/mol. The molecule has 9 nitrogen and oxygen atoms in total. The Hall–Kier alpha value is -4.79. The Bertz CT molecular complexity index is 1700. The third kappa shape index (κ3) is 4.14. The van der Waals surface area contributed by atoms with E-state index in [0.29, 0.717) is 22.8 Å². The summed E-state index contributed by atoms with van der Waals surface area (Å²) in [6.07, 6.45) is 0. The van der Waals surface area contributed by atoms with Gasteiger partial charge in [-0.2, -0.15) is 4.98 Å². The predicted molar refractivity (Wildman–Crippen MR) is 145 cm³/mol. The molecule has 6 rings (SSSR count). The van der Waals surface area contributed by atoms with Crippen molar-refractivity contribution in [3.8, 4) is 5.69 Å². The number of anilines is 2. The smallest absolute Gasteiger partial charge is 0.256 e. The highest BCUT2D eigenvalue weighted by atomic mass is 16.1. The van der Waals surface area contributed by atoms with Gasteiger partial charge in [0.25, 0.3) is 5.56 Å². The Morgan fingerprint density at radius 3 is 2.30 bits per heavy atom. The lowest BCUT2D eigenvalue weighted by Gasteiger charge is -2.35. The zero-order valence-corrected chi connectivity index (χ0v) is 20.3. The number of primary amides is 1. The quantitative estimate of drug-likeness (QED) is 0.411. The minimum Gasteiger partial charge on any atom is -0.366 e. The highest BCUT2D eigenvalue weighted by Gasteiger charge is 2.22. The summed E-state index contributed by atoms with van der Waals surface area (Å²) in [4.78, 5) is 43.3. The van der Waals surface area contributed by atoms with E-state index in [2.05, 4.69) is 28.0 Å². The lowest BCUT2D eigenvalue weighted by molar-refractivity contribution is 0.100. The van der Waals surface area contributed by atoms with Crippen LogP contribution < -0.4 is 21.1 Å². The zero-order valence-electron chi connectivity index (χ0n) is 20.3. The van der Waals surface area contributed by atoms with Crippen molar-refractivity contribution in [3.05, 3.63) is 94.4 Å². The predicted octanol–water partition coefficient (Wildman–Crippen LogP) is 3.06. The first-order chi connectivity index (χ1) is 18.0. The van der Waals surface area contributed by atoms with Gasteiger partial charge in [-0.1, -0.05) is 18.2 Å². The van der Waals surface area contributed by atoms with Crippen molar-refractivity contribution in [2.24, 2.45) is 5.73 Å². The van der Waals surface area contributed by atoms with E-state index >= 15 is 0 Å². The summed E-state index contributed by atoms with van der Waals surface area (Å²) in [6, 6.07) is 22.2. The number of para-hydroxylation sites is 1. The van der Waals surface area contributed by atoms with Crippen LogP contribution >= 0.6 is 0 Å². The number of pyridine rings is 2. The Labute approximate surface area is 212 Å². The lowest BCUT2D eigenvalue weighted by atomic mass is 10.2. The van der Waals surface area contributed by atoms with Gasteiger partial charge in [-0.25, -0.2) is 9.97 Å². The standard InChI is InChI=1S/C28H25N7O2/c1-18-22-11-13-25(36)35(21-9-6-20(7-10-21)26(29)37)27(22)32-28(30-18)34-16-14-33(15-17-34)24-12-8-19-4-2-3-5-23(19)31-24/h2-13H,14-17H2,1H3,(H2,29,37). The molecule has 1 fully saturated rings. The van der Waals surface area contributed by atoms with Crippen molar-refractivity contribution in [2.45, 2.75) is 6.92 Å². The molecule has 2 N–H and O–H groups in total. The van der Waals surface area contributed by atoms with E-state index in [1.54, 1.807) is 34.9 Å². The van der Waals surface area contributed by atoms with E-state index in [-0.39, 0.29) is 5.56 Å². The van der Waals surface area contributed by atoms with Crippen molar-refractivity contribution >= 4 is 39.6 Å². The number of piperazine rings is 1. The summed E-state index contributed by atoms with van der Waals surface area (Å²) in [5, 5.41) is 1.92. The van der Waals surface area contributed by atoms with Crippen molar-refractivity contribution < 1.29 is 4.79 Å². The summed E-state index contributed by atoms with van der Waals surface area (Å²) >= 11 is 0. The summed E-state index contributed by atoms with van der Waals surface area (Å²) < 4.78 is 1.55. The molecule has 0 bridgehead atoms. The molecule has 0 spiro atoms. The molecule has 0 aliphatic carbocycles. The summed E-state index contributed by atoms with van der Waals surface area (Å²) in [6.45, 7) is 4.94. The van der Waals surface area contributed by atoms with Gasteiger partial charge in [-0.3, -0.25) is 14.2 Å². The minimum atomic E-state index is -0.518. The van der Waals surface area contributed by atoms with Crippen molar-refractivity contribution in [2.75, 3.05) is 36.0 Å². The normalized spacial score (nSPS) is 13.9. The van der Waals surface area contributed by atoms with Crippen LogP contribution in [0.4, 0.5) is 11.8 Å². The second-order valence-corrected chi connectivity index (χ2v) is 9.10. The number of nitrogens with zero attached hydrogens (tertiary/aromatic N) is 6. The minimum absolute atomic E-state index is 0.212. The third-order valence-electron chi connectivity index (χ3n) is 6.81. The molecule has 5 aromatic rings. The number of carbonyl (C=O) groups excluding carboxylic acids is 1. The molecule has 1 aliphatic heterocycles. The number of fused-ring (bicyclic) bond motifs is 2. The van der Waals surface area contributed by atoms with E-state index < -0.39 is 5.91 Å². The Balaban J connectivity index is 1.31. The van der Waals surface area contributed by atoms with Crippen LogP contribution in [0.3, 0.4) is 0 Å². The molecule has 1 amide bonds. The van der Waals surface area contributed by atoms with E-state index in [0.717, 1.165) is 54.0 Å². The fourth-order valence-corrected chi connectivity index (χ4v) is 4.78. The number of hydrogen-bond donors (Lipinski definition) is 1. The maximum atomic E-state index is 12.9. The molecule has 184 valence electrons. The van der Waals surface area contributed by atoms with Crippen LogP contribution in [0.5, 0.6) is 0 Å². The number of carbonyl (C=O) groups is 1. The molecule has 0 saturated carbocycles. The van der Waals surface area contributed by atoms with Gasteiger partial charge in [0.2, 0.25) is 11.9 Å². The second kappa shape index (κ2) is 9.02. The van der Waals surface area contributed by atoms with Gasteiger partial charge < -0.3 is 15.5 Å². The van der Waals surface area contributed by atoms with Crippen LogP contribution in [-0.4, -0.2) is 51.6 Å². The lowest BCUT2D eigenvalue weighted by Crippen LogP contribution is -2.47. The van der Waals surface area contributed by atoms with Gasteiger partial charge in [0, 0.05) is 48.6 Å². The van der Waals surface area contributed by atoms with Gasteiger partial charge >= 0.3 is 0 Å². The molecule has 9 heteroatoms. The van der Waals surface area contributed by atoms with Crippen molar-refractivity contribution in [1.82, 2.24) is 19.5 Å². The van der Waals surface area contributed by atoms with Gasteiger partial charge in [-0.15, -0.1) is 0 Å². The SMILES string of the molecule is Cc1nc(N2CCN(c3ccc4ccccc4n3)CC2)nc2c1ccc(=O)n2-c1ccc(C(N)=O)cc1. The molecule has 3 aromatic heterocycles. The van der Waals surface area contributed by atoms with Crippen molar-refractivity contribution in [1.29, 1.82) is 0 Å². The van der Waals surface area contributed by atoms with Gasteiger partial charge in [0.15, 0.2) is 5.65 Å². The van der Waals surface area contributed by atoms with E-state index in [1.165, 1.54) is 6.07 Å². The number of benzene rings is 2. The maximum Gasteiger partial charge on any atom is 0.256 e. The number of aryl methyl sites for hydroxylation is 1. The summed E-state index contributed by atoms with van der Waals surface area (Å²) in [7, 11) is 0. The first-order valence-corrected chi connectivity index (χ1v) is 12.1.